The molecule has 5 nitrogen and oxygen atoms in total. The van der Waals surface area contributed by atoms with Crippen LogP contribution in [0.3, 0.4) is 0 Å². The monoisotopic (exact) mass is 341 g/mol. The lowest BCUT2D eigenvalue weighted by molar-refractivity contribution is -0.130. The summed E-state index contributed by atoms with van der Waals surface area (Å²) < 4.78 is 1.51. The maximum Gasteiger partial charge on any atom is 0.262 e. The van der Waals surface area contributed by atoms with E-state index in [1.54, 1.807) is 18.0 Å². The molecule has 0 radical (unpaired) electrons. The molecular weight excluding hydrogens is 322 g/mol. The summed E-state index contributed by atoms with van der Waals surface area (Å²) in [4.78, 5) is 31.3. The predicted octanol–water partition coefficient (Wildman–Crippen LogP) is 2.82. The second kappa shape index (κ2) is 6.97. The normalized spacial score (nSPS) is 10.9. The zero-order chi connectivity index (χ0) is 17.1. The number of carbonyl (C=O) groups is 1. The van der Waals surface area contributed by atoms with Crippen LogP contribution in [0, 0.1) is 6.92 Å². The molecule has 0 aliphatic heterocycles. The molecule has 0 saturated heterocycles. The summed E-state index contributed by atoms with van der Waals surface area (Å²) in [6, 6.07) is 9.90. The second-order valence-corrected chi connectivity index (χ2v) is 6.76. The quantitative estimate of drug-likeness (QED) is 0.717. The molecule has 0 N–H and O–H groups in total. The summed E-state index contributed by atoms with van der Waals surface area (Å²) in [6.07, 6.45) is 1.80. The van der Waals surface area contributed by atoms with E-state index in [-0.39, 0.29) is 17.9 Å². The number of hydrogen-bond donors (Lipinski definition) is 0. The number of aromatic nitrogens is 2. The van der Waals surface area contributed by atoms with Crippen molar-refractivity contribution in [3.8, 4) is 0 Å². The number of amides is 1. The Kier molecular flexibility index (Phi) is 4.76. The Morgan fingerprint density at radius 3 is 2.75 bits per heavy atom. The summed E-state index contributed by atoms with van der Waals surface area (Å²) in [6.45, 7) is 2.94. The fourth-order valence-corrected chi connectivity index (χ4v) is 3.24. The number of thiophene rings is 1. The van der Waals surface area contributed by atoms with Crippen molar-refractivity contribution in [3.63, 3.8) is 0 Å². The van der Waals surface area contributed by atoms with Gasteiger partial charge in [-0.05, 0) is 23.9 Å². The molecule has 3 rings (SSSR count). The lowest BCUT2D eigenvalue weighted by Crippen LogP contribution is -2.29. The van der Waals surface area contributed by atoms with E-state index in [9.17, 15) is 9.59 Å². The van der Waals surface area contributed by atoms with Gasteiger partial charge in [0.2, 0.25) is 5.91 Å². The Labute approximate surface area is 144 Å². The van der Waals surface area contributed by atoms with Crippen LogP contribution in [0.25, 0.3) is 10.2 Å². The third-order valence-corrected chi connectivity index (χ3v) is 4.80. The minimum absolute atomic E-state index is 0.00731. The van der Waals surface area contributed by atoms with E-state index in [0.717, 1.165) is 10.4 Å². The molecule has 0 aliphatic carbocycles. The first-order chi connectivity index (χ1) is 11.5. The molecule has 3 aromatic rings. The minimum atomic E-state index is -0.0877. The highest BCUT2D eigenvalue weighted by Gasteiger charge is 2.11. The molecule has 0 fully saturated rings. The van der Waals surface area contributed by atoms with Gasteiger partial charge >= 0.3 is 0 Å². The van der Waals surface area contributed by atoms with Crippen molar-refractivity contribution in [1.29, 1.82) is 0 Å². The van der Waals surface area contributed by atoms with Gasteiger partial charge in [-0.25, -0.2) is 4.98 Å². The molecule has 124 valence electrons. The highest BCUT2D eigenvalue weighted by Crippen LogP contribution is 2.13. The summed E-state index contributed by atoms with van der Waals surface area (Å²) in [5, 5.41) is 2.46. The van der Waals surface area contributed by atoms with E-state index in [2.05, 4.69) is 4.98 Å². The number of nitrogens with zero attached hydrogens (tertiary/aromatic N) is 3. The highest BCUT2D eigenvalue weighted by molar-refractivity contribution is 7.16. The van der Waals surface area contributed by atoms with Crippen molar-refractivity contribution in [2.24, 2.45) is 0 Å². The van der Waals surface area contributed by atoms with Gasteiger partial charge in [-0.3, -0.25) is 14.2 Å². The van der Waals surface area contributed by atoms with Crippen molar-refractivity contribution in [2.75, 3.05) is 7.05 Å². The second-order valence-electron chi connectivity index (χ2n) is 5.87. The number of carbonyl (C=O) groups excluding carboxylic acids is 1. The molecule has 0 spiro atoms. The zero-order valence-electron chi connectivity index (χ0n) is 13.7. The van der Waals surface area contributed by atoms with Gasteiger partial charge < -0.3 is 4.90 Å². The molecule has 2 aromatic heterocycles. The first kappa shape index (κ1) is 16.4. The topological polar surface area (TPSA) is 55.2 Å². The maximum atomic E-state index is 12.3. The Morgan fingerprint density at radius 2 is 2.00 bits per heavy atom. The van der Waals surface area contributed by atoms with Crippen molar-refractivity contribution >= 4 is 27.5 Å². The summed E-state index contributed by atoms with van der Waals surface area (Å²) >= 11 is 1.44. The number of benzene rings is 1. The predicted molar refractivity (Wildman–Crippen MR) is 96.2 cm³/mol. The van der Waals surface area contributed by atoms with Crippen LogP contribution in [-0.2, 0) is 17.9 Å². The molecule has 0 unspecified atom stereocenters. The van der Waals surface area contributed by atoms with Crippen LogP contribution >= 0.6 is 11.3 Å². The molecular formula is C18H19N3O2S. The summed E-state index contributed by atoms with van der Waals surface area (Å²) in [5.41, 5.74) is 2.20. The van der Waals surface area contributed by atoms with Gasteiger partial charge in [-0.15, -0.1) is 11.3 Å². The molecule has 0 aliphatic rings. The number of aryl methyl sites for hydroxylation is 2. The first-order valence-electron chi connectivity index (χ1n) is 7.77. The number of rotatable bonds is 5. The van der Waals surface area contributed by atoms with E-state index in [1.807, 2.05) is 36.6 Å². The fourth-order valence-electron chi connectivity index (χ4n) is 2.52. The van der Waals surface area contributed by atoms with E-state index in [1.165, 1.54) is 27.8 Å². The number of hydrogen-bond acceptors (Lipinski definition) is 4. The third kappa shape index (κ3) is 3.54. The standard InChI is InChI=1S/C18H19N3O2S/c1-13-3-5-14(6-4-13)11-20(2)16(22)7-9-21-12-19-17-15(18(21)23)8-10-24-17/h3-6,8,10,12H,7,9,11H2,1-2H3. The van der Waals surface area contributed by atoms with Gasteiger partial charge in [0.25, 0.3) is 5.56 Å². The SMILES string of the molecule is Cc1ccc(CN(C)C(=O)CCn2cnc3sccc3c2=O)cc1. The summed E-state index contributed by atoms with van der Waals surface area (Å²) in [7, 11) is 1.78. The average molecular weight is 341 g/mol. The van der Waals surface area contributed by atoms with Crippen LogP contribution in [0.2, 0.25) is 0 Å². The molecule has 0 bridgehead atoms. The van der Waals surface area contributed by atoms with Gasteiger partial charge in [-0.1, -0.05) is 29.8 Å². The van der Waals surface area contributed by atoms with Gasteiger partial charge in [0.05, 0.1) is 11.7 Å². The lowest BCUT2D eigenvalue weighted by atomic mass is 10.1. The molecule has 1 aromatic carbocycles. The van der Waals surface area contributed by atoms with Crippen molar-refractivity contribution in [2.45, 2.75) is 26.4 Å². The number of fused-ring (bicyclic) bond motifs is 1. The molecule has 0 saturated carbocycles. The molecule has 1 amide bonds. The fraction of sp³-hybridized carbons (Fsp3) is 0.278. The zero-order valence-corrected chi connectivity index (χ0v) is 14.5. The van der Waals surface area contributed by atoms with Gasteiger partial charge in [0, 0.05) is 26.6 Å². The van der Waals surface area contributed by atoms with Crippen LogP contribution in [0.1, 0.15) is 17.5 Å². The van der Waals surface area contributed by atoms with Crippen LogP contribution in [-0.4, -0.2) is 27.4 Å². The first-order valence-corrected chi connectivity index (χ1v) is 8.65. The molecule has 0 atom stereocenters. The van der Waals surface area contributed by atoms with Crippen LogP contribution in [0.15, 0.2) is 46.8 Å². The Bertz CT molecular complexity index is 912. The van der Waals surface area contributed by atoms with Crippen LogP contribution in [0.5, 0.6) is 0 Å². The Hall–Kier alpha value is -2.47. The van der Waals surface area contributed by atoms with E-state index in [4.69, 9.17) is 0 Å². The minimum Gasteiger partial charge on any atom is -0.341 e. The van der Waals surface area contributed by atoms with Crippen molar-refractivity contribution < 1.29 is 4.79 Å². The Balaban J connectivity index is 1.62. The van der Waals surface area contributed by atoms with E-state index < -0.39 is 0 Å². The maximum absolute atomic E-state index is 12.3. The van der Waals surface area contributed by atoms with Crippen LogP contribution < -0.4 is 5.56 Å². The smallest absolute Gasteiger partial charge is 0.262 e. The van der Waals surface area contributed by atoms with Gasteiger partial charge in [0.15, 0.2) is 0 Å². The molecule has 6 heteroatoms. The largest absolute Gasteiger partial charge is 0.341 e. The Morgan fingerprint density at radius 1 is 1.25 bits per heavy atom. The van der Waals surface area contributed by atoms with Crippen molar-refractivity contribution in [1.82, 2.24) is 14.5 Å². The average Bonchev–Trinajstić information content (AvgIpc) is 3.05. The van der Waals surface area contributed by atoms with Gasteiger partial charge in [-0.2, -0.15) is 0 Å². The third-order valence-electron chi connectivity index (χ3n) is 3.98. The highest BCUT2D eigenvalue weighted by atomic mass is 32.1. The molecule has 2 heterocycles. The van der Waals surface area contributed by atoms with Gasteiger partial charge in [0.1, 0.15) is 4.83 Å². The van der Waals surface area contributed by atoms with E-state index >= 15 is 0 Å². The summed E-state index contributed by atoms with van der Waals surface area (Å²) in [5.74, 6) is 0.00731. The van der Waals surface area contributed by atoms with E-state index in [0.29, 0.717) is 18.5 Å². The lowest BCUT2D eigenvalue weighted by Gasteiger charge is -2.17. The molecule has 24 heavy (non-hydrogen) atoms. The van der Waals surface area contributed by atoms with Crippen molar-refractivity contribution in [3.05, 3.63) is 63.5 Å². The van der Waals surface area contributed by atoms with Crippen LogP contribution in [0.4, 0.5) is 0 Å².